The van der Waals surface area contributed by atoms with Crippen LogP contribution in [-0.4, -0.2) is 51.8 Å². The minimum Gasteiger partial charge on any atom is -0.475 e. The number of carbonyl (C=O) groups excluding carboxylic acids is 1. The molecule has 0 heterocycles. The highest BCUT2D eigenvalue weighted by Gasteiger charge is 2.51. The first kappa shape index (κ1) is 27.6. The second-order valence-electron chi connectivity index (χ2n) is 7.27. The van der Waals surface area contributed by atoms with E-state index in [0.29, 0.717) is 18.8 Å². The summed E-state index contributed by atoms with van der Waals surface area (Å²) < 4.78 is 65.0. The smallest absolute Gasteiger partial charge is 0.475 e. The molecule has 34 heavy (non-hydrogen) atoms. The van der Waals surface area contributed by atoms with Gasteiger partial charge in [0.1, 0.15) is 0 Å². The number of benzene rings is 2. The van der Waals surface area contributed by atoms with E-state index in [9.17, 15) is 26.4 Å². The van der Waals surface area contributed by atoms with Crippen LogP contribution in [0.4, 0.5) is 18.9 Å². The number of carboxylic acids is 1. The summed E-state index contributed by atoms with van der Waals surface area (Å²) in [7, 11) is -2.07. The summed E-state index contributed by atoms with van der Waals surface area (Å²) in [6.45, 7) is 0.945. The van der Waals surface area contributed by atoms with Gasteiger partial charge in [0.25, 0.3) is 10.0 Å². The third-order valence-electron chi connectivity index (χ3n) is 4.83. The Kier molecular flexibility index (Phi) is 9.08. The van der Waals surface area contributed by atoms with E-state index >= 15 is 0 Å². The molecule has 1 aliphatic carbocycles. The van der Waals surface area contributed by atoms with Gasteiger partial charge in [-0.25, -0.2) is 13.2 Å². The Balaban J connectivity index is 0.000000509. The minimum atomic E-state index is -5.08. The number of carbonyl (C=O) groups is 2. The molecule has 0 atom stereocenters. The molecule has 0 radical (unpaired) electrons. The SMILES string of the molecule is COCCNC(=O)C1(c2ccc(NS(=O)(=O)c3ccc(Br)cc3)cc2)CC1.O=C(O)C(F)(F)F. The fourth-order valence-corrected chi connectivity index (χ4v) is 4.22. The van der Waals surface area contributed by atoms with Crippen molar-refractivity contribution in [3.8, 4) is 0 Å². The van der Waals surface area contributed by atoms with Crippen LogP contribution < -0.4 is 10.0 Å². The number of sulfonamides is 1. The maximum Gasteiger partial charge on any atom is 0.490 e. The van der Waals surface area contributed by atoms with Gasteiger partial charge in [-0.1, -0.05) is 28.1 Å². The van der Waals surface area contributed by atoms with Crippen LogP contribution >= 0.6 is 15.9 Å². The number of amides is 1. The molecule has 1 amide bonds. The van der Waals surface area contributed by atoms with Gasteiger partial charge >= 0.3 is 12.1 Å². The molecule has 0 spiro atoms. The molecule has 13 heteroatoms. The molecule has 0 saturated heterocycles. The molecule has 0 unspecified atom stereocenters. The van der Waals surface area contributed by atoms with Gasteiger partial charge in [-0.15, -0.1) is 0 Å². The number of anilines is 1. The lowest BCUT2D eigenvalue weighted by atomic mass is 9.95. The standard InChI is InChI=1S/C19H21BrN2O4S.C2HF3O2/c1-26-13-12-21-18(23)19(10-11-19)14-2-6-16(7-3-14)22-27(24,25)17-8-4-15(20)5-9-17;3-2(4,5)1(6)7/h2-9,22H,10-13H2,1H3,(H,21,23);(H,6,7). The van der Waals surface area contributed by atoms with Gasteiger partial charge < -0.3 is 15.2 Å². The van der Waals surface area contributed by atoms with E-state index < -0.39 is 27.6 Å². The predicted octanol–water partition coefficient (Wildman–Crippen LogP) is 3.68. The molecule has 1 fully saturated rings. The van der Waals surface area contributed by atoms with Crippen molar-refractivity contribution < 1.29 is 41.0 Å². The first-order valence-electron chi connectivity index (χ1n) is 9.78. The topological polar surface area (TPSA) is 122 Å². The number of hydrogen-bond acceptors (Lipinski definition) is 5. The Morgan fingerprint density at radius 1 is 1.09 bits per heavy atom. The van der Waals surface area contributed by atoms with Crippen molar-refractivity contribution in [3.05, 3.63) is 58.6 Å². The summed E-state index contributed by atoms with van der Waals surface area (Å²) in [4.78, 5) is 21.5. The van der Waals surface area contributed by atoms with Gasteiger partial charge in [0, 0.05) is 23.8 Å². The van der Waals surface area contributed by atoms with Crippen molar-refractivity contribution in [2.24, 2.45) is 0 Å². The highest BCUT2D eigenvalue weighted by atomic mass is 79.9. The van der Waals surface area contributed by atoms with E-state index in [-0.39, 0.29) is 10.8 Å². The van der Waals surface area contributed by atoms with Crippen LogP contribution in [-0.2, 0) is 29.8 Å². The van der Waals surface area contributed by atoms with Crippen molar-refractivity contribution in [1.82, 2.24) is 5.32 Å². The summed E-state index contributed by atoms with van der Waals surface area (Å²) >= 11 is 3.29. The number of halogens is 4. The first-order chi connectivity index (χ1) is 15.8. The zero-order valence-corrected chi connectivity index (χ0v) is 20.3. The monoisotopic (exact) mass is 566 g/mol. The molecule has 0 aliphatic heterocycles. The number of hydrogen-bond donors (Lipinski definition) is 3. The Labute approximate surface area is 202 Å². The Morgan fingerprint density at radius 3 is 2.06 bits per heavy atom. The van der Waals surface area contributed by atoms with Gasteiger partial charge in [-0.2, -0.15) is 13.2 Å². The Morgan fingerprint density at radius 2 is 1.62 bits per heavy atom. The van der Waals surface area contributed by atoms with Crippen molar-refractivity contribution in [1.29, 1.82) is 0 Å². The van der Waals surface area contributed by atoms with Crippen molar-refractivity contribution in [2.45, 2.75) is 29.3 Å². The van der Waals surface area contributed by atoms with Crippen LogP contribution in [0, 0.1) is 0 Å². The van der Waals surface area contributed by atoms with Crippen LogP contribution in [0.25, 0.3) is 0 Å². The lowest BCUT2D eigenvalue weighted by Crippen LogP contribution is -2.36. The van der Waals surface area contributed by atoms with Crippen LogP contribution in [0.15, 0.2) is 57.9 Å². The zero-order chi connectivity index (χ0) is 25.6. The van der Waals surface area contributed by atoms with Crippen molar-refractivity contribution in [2.75, 3.05) is 25.0 Å². The molecule has 186 valence electrons. The largest absolute Gasteiger partial charge is 0.490 e. The summed E-state index contributed by atoms with van der Waals surface area (Å²) in [5.41, 5.74) is 0.845. The molecule has 8 nitrogen and oxygen atoms in total. The number of carboxylic acid groups (broad SMARTS) is 1. The first-order valence-corrected chi connectivity index (χ1v) is 12.1. The van der Waals surface area contributed by atoms with E-state index in [2.05, 4.69) is 26.0 Å². The summed E-state index contributed by atoms with van der Waals surface area (Å²) in [6, 6.07) is 13.4. The number of rotatable bonds is 8. The number of ether oxygens (including phenoxy) is 1. The van der Waals surface area contributed by atoms with E-state index in [1.54, 1.807) is 31.4 Å². The predicted molar refractivity (Wildman–Crippen MR) is 121 cm³/mol. The molecule has 0 aromatic heterocycles. The van der Waals surface area contributed by atoms with Gasteiger partial charge in [0.2, 0.25) is 5.91 Å². The fourth-order valence-electron chi connectivity index (χ4n) is 2.89. The van der Waals surface area contributed by atoms with Crippen LogP contribution in [0.3, 0.4) is 0 Å². The quantitative estimate of drug-likeness (QED) is 0.419. The number of aliphatic carboxylic acids is 1. The maximum absolute atomic E-state index is 12.5. The number of nitrogens with one attached hydrogen (secondary N) is 2. The lowest BCUT2D eigenvalue weighted by molar-refractivity contribution is -0.192. The average Bonchev–Trinajstić information content (AvgIpc) is 3.56. The van der Waals surface area contributed by atoms with Gasteiger partial charge in [0.05, 0.1) is 16.9 Å². The molecule has 3 N–H and O–H groups in total. The maximum atomic E-state index is 12.5. The molecule has 1 saturated carbocycles. The second kappa shape index (κ2) is 11.2. The summed E-state index contributed by atoms with van der Waals surface area (Å²) in [5.74, 6) is -2.77. The fraction of sp³-hybridized carbons (Fsp3) is 0.333. The van der Waals surface area contributed by atoms with Crippen LogP contribution in [0.2, 0.25) is 0 Å². The van der Waals surface area contributed by atoms with Crippen LogP contribution in [0.1, 0.15) is 18.4 Å². The second-order valence-corrected chi connectivity index (χ2v) is 9.87. The minimum absolute atomic E-state index is 0.0113. The Bertz CT molecular complexity index is 1100. The van der Waals surface area contributed by atoms with E-state index in [1.165, 1.54) is 12.1 Å². The molecular weight excluding hydrogens is 545 g/mol. The molecule has 2 aromatic carbocycles. The average molecular weight is 567 g/mol. The Hall–Kier alpha value is -2.64. The molecule has 1 aliphatic rings. The van der Waals surface area contributed by atoms with Gasteiger partial charge in [-0.3, -0.25) is 9.52 Å². The zero-order valence-electron chi connectivity index (χ0n) is 17.9. The molecule has 0 bridgehead atoms. The number of methoxy groups -OCH3 is 1. The summed E-state index contributed by atoms with van der Waals surface area (Å²) in [5, 5.41) is 10.0. The van der Waals surface area contributed by atoms with Crippen LogP contribution in [0.5, 0.6) is 0 Å². The normalized spacial score (nSPS) is 14.4. The molecular formula is C21H22BrF3N2O6S. The van der Waals surface area contributed by atoms with Gasteiger partial charge in [0.15, 0.2) is 0 Å². The number of alkyl halides is 3. The van der Waals surface area contributed by atoms with Crippen molar-refractivity contribution >= 4 is 43.5 Å². The van der Waals surface area contributed by atoms with E-state index in [4.69, 9.17) is 14.6 Å². The highest BCUT2D eigenvalue weighted by Crippen LogP contribution is 2.48. The summed E-state index contributed by atoms with van der Waals surface area (Å²) in [6.07, 6.45) is -3.51. The third kappa shape index (κ3) is 7.43. The van der Waals surface area contributed by atoms with E-state index in [0.717, 1.165) is 22.9 Å². The van der Waals surface area contributed by atoms with E-state index in [1.807, 2.05) is 12.1 Å². The van der Waals surface area contributed by atoms with Gasteiger partial charge in [-0.05, 0) is 54.8 Å². The third-order valence-corrected chi connectivity index (χ3v) is 6.76. The highest BCUT2D eigenvalue weighted by molar-refractivity contribution is 9.10. The molecule has 3 rings (SSSR count). The van der Waals surface area contributed by atoms with Crippen molar-refractivity contribution in [3.63, 3.8) is 0 Å². The lowest BCUT2D eigenvalue weighted by Gasteiger charge is -2.16. The molecule has 2 aromatic rings.